The van der Waals surface area contributed by atoms with E-state index in [2.05, 4.69) is 20.4 Å². The molecule has 4 rings (SSSR count). The van der Waals surface area contributed by atoms with E-state index in [0.717, 1.165) is 22.8 Å². The Balaban J connectivity index is 1.78. The van der Waals surface area contributed by atoms with Gasteiger partial charge in [0.25, 0.3) is 11.7 Å². The Bertz CT molecular complexity index is 1290. The largest absolute Gasteiger partial charge is 0.433 e. The molecule has 2 aromatic heterocycles. The molecule has 2 heterocycles. The van der Waals surface area contributed by atoms with Crippen LogP contribution < -0.4 is 5.32 Å². The molecule has 0 bridgehead atoms. The Morgan fingerprint density at radius 2 is 1.61 bits per heavy atom. The number of rotatable bonds is 3. The SMILES string of the molecule is Cc1ccc(-c2cc(C(F)(F)F)n3nc(C(=O)Nc4ccc(C)cc4C)nc3n2)cc1. The third-order valence-corrected chi connectivity index (χ3v) is 4.78. The molecule has 0 atom stereocenters. The number of hydrogen-bond acceptors (Lipinski definition) is 4. The molecule has 0 saturated carbocycles. The number of halogens is 3. The fourth-order valence-electron chi connectivity index (χ4n) is 3.17. The molecule has 0 saturated heterocycles. The van der Waals surface area contributed by atoms with Crippen LogP contribution in [0.2, 0.25) is 0 Å². The molecule has 0 fully saturated rings. The highest BCUT2D eigenvalue weighted by molar-refractivity contribution is 6.02. The summed E-state index contributed by atoms with van der Waals surface area (Å²) in [4.78, 5) is 20.8. The zero-order chi connectivity index (χ0) is 22.3. The molecule has 158 valence electrons. The number of nitrogens with one attached hydrogen (secondary N) is 1. The summed E-state index contributed by atoms with van der Waals surface area (Å²) in [5.74, 6) is -1.43. The lowest BCUT2D eigenvalue weighted by atomic mass is 10.1. The first-order valence-electron chi connectivity index (χ1n) is 9.42. The van der Waals surface area contributed by atoms with Gasteiger partial charge < -0.3 is 5.32 Å². The molecular weight excluding hydrogens is 407 g/mol. The van der Waals surface area contributed by atoms with Crippen LogP contribution in [0.5, 0.6) is 0 Å². The van der Waals surface area contributed by atoms with Crippen LogP contribution in [0.25, 0.3) is 17.0 Å². The van der Waals surface area contributed by atoms with Crippen LogP contribution >= 0.6 is 0 Å². The van der Waals surface area contributed by atoms with Crippen molar-refractivity contribution in [2.75, 3.05) is 5.32 Å². The van der Waals surface area contributed by atoms with Crippen molar-refractivity contribution < 1.29 is 18.0 Å². The average molecular weight is 425 g/mol. The zero-order valence-electron chi connectivity index (χ0n) is 16.9. The third-order valence-electron chi connectivity index (χ3n) is 4.78. The van der Waals surface area contributed by atoms with Crippen molar-refractivity contribution >= 4 is 17.4 Å². The van der Waals surface area contributed by atoms with Crippen LogP contribution in [0.1, 0.15) is 33.0 Å². The number of aryl methyl sites for hydroxylation is 3. The first-order chi connectivity index (χ1) is 14.6. The average Bonchev–Trinajstić information content (AvgIpc) is 3.13. The molecule has 4 aromatic rings. The number of anilines is 1. The van der Waals surface area contributed by atoms with E-state index in [4.69, 9.17) is 0 Å². The fraction of sp³-hybridized carbons (Fsp3) is 0.182. The number of carbonyl (C=O) groups is 1. The second-order valence-corrected chi connectivity index (χ2v) is 7.31. The standard InChI is InChI=1S/C22H18F3N5O/c1-12-4-7-15(8-5-12)17-11-18(22(23,24)25)30-21(27-17)28-19(29-30)20(31)26-16-9-6-13(2)10-14(16)3/h4-11H,1-3H3,(H,26,31). The molecule has 0 aliphatic rings. The number of benzene rings is 2. The maximum absolute atomic E-state index is 13.7. The van der Waals surface area contributed by atoms with Gasteiger partial charge in [-0.3, -0.25) is 4.79 Å². The van der Waals surface area contributed by atoms with Crippen molar-refractivity contribution in [3.63, 3.8) is 0 Å². The molecule has 6 nitrogen and oxygen atoms in total. The van der Waals surface area contributed by atoms with Crippen LogP contribution in [0.4, 0.5) is 18.9 Å². The molecule has 0 radical (unpaired) electrons. The monoisotopic (exact) mass is 425 g/mol. The number of hydrogen-bond donors (Lipinski definition) is 1. The molecule has 1 amide bonds. The lowest BCUT2D eigenvalue weighted by Crippen LogP contribution is -2.16. The van der Waals surface area contributed by atoms with Crippen LogP contribution in [-0.4, -0.2) is 25.5 Å². The predicted octanol–water partition coefficient (Wildman–Crippen LogP) is 4.99. The molecule has 31 heavy (non-hydrogen) atoms. The maximum atomic E-state index is 13.7. The molecule has 9 heteroatoms. The highest BCUT2D eigenvalue weighted by atomic mass is 19.4. The Hall–Kier alpha value is -3.75. The number of fused-ring (bicyclic) bond motifs is 1. The minimum absolute atomic E-state index is 0.0913. The second kappa shape index (κ2) is 7.50. The quantitative estimate of drug-likeness (QED) is 0.502. The summed E-state index contributed by atoms with van der Waals surface area (Å²) in [6.07, 6.45) is -4.71. The first kappa shape index (κ1) is 20.5. The van der Waals surface area contributed by atoms with E-state index >= 15 is 0 Å². The predicted molar refractivity (Wildman–Crippen MR) is 110 cm³/mol. The molecule has 0 unspecified atom stereocenters. The molecule has 0 spiro atoms. The Kier molecular flexibility index (Phi) is 4.96. The van der Waals surface area contributed by atoms with Gasteiger partial charge in [-0.2, -0.15) is 22.7 Å². The van der Waals surface area contributed by atoms with E-state index in [1.54, 1.807) is 30.3 Å². The van der Waals surface area contributed by atoms with Gasteiger partial charge in [-0.1, -0.05) is 47.5 Å². The zero-order valence-corrected chi connectivity index (χ0v) is 16.9. The summed E-state index contributed by atoms with van der Waals surface area (Å²) in [6, 6.07) is 13.2. The summed E-state index contributed by atoms with van der Waals surface area (Å²) in [6.45, 7) is 5.61. The molecule has 1 N–H and O–H groups in total. The summed E-state index contributed by atoms with van der Waals surface area (Å²) >= 11 is 0. The van der Waals surface area contributed by atoms with E-state index in [-0.39, 0.29) is 11.5 Å². The van der Waals surface area contributed by atoms with Crippen LogP contribution in [0.15, 0.2) is 48.5 Å². The van der Waals surface area contributed by atoms with Crippen molar-refractivity contribution in [2.24, 2.45) is 0 Å². The van der Waals surface area contributed by atoms with E-state index in [0.29, 0.717) is 15.8 Å². The van der Waals surface area contributed by atoms with Gasteiger partial charge in [-0.05, 0) is 38.5 Å². The van der Waals surface area contributed by atoms with Gasteiger partial charge in [0.1, 0.15) is 0 Å². The Morgan fingerprint density at radius 1 is 0.935 bits per heavy atom. The summed E-state index contributed by atoms with van der Waals surface area (Å²) in [5.41, 5.74) is 2.85. The van der Waals surface area contributed by atoms with Crippen molar-refractivity contribution in [1.82, 2.24) is 19.6 Å². The number of alkyl halides is 3. The topological polar surface area (TPSA) is 72.2 Å². The molecule has 2 aromatic carbocycles. The van der Waals surface area contributed by atoms with Gasteiger partial charge >= 0.3 is 6.18 Å². The fourth-order valence-corrected chi connectivity index (χ4v) is 3.17. The minimum atomic E-state index is -4.71. The minimum Gasteiger partial charge on any atom is -0.319 e. The third kappa shape index (κ3) is 4.11. The van der Waals surface area contributed by atoms with Crippen LogP contribution in [-0.2, 0) is 6.18 Å². The molecule has 0 aliphatic heterocycles. The number of nitrogens with zero attached hydrogens (tertiary/aromatic N) is 4. The van der Waals surface area contributed by atoms with E-state index in [9.17, 15) is 18.0 Å². The van der Waals surface area contributed by atoms with Crippen LogP contribution in [0, 0.1) is 20.8 Å². The van der Waals surface area contributed by atoms with Gasteiger partial charge in [0.15, 0.2) is 5.69 Å². The highest BCUT2D eigenvalue weighted by Crippen LogP contribution is 2.32. The van der Waals surface area contributed by atoms with Gasteiger partial charge in [0, 0.05) is 11.3 Å². The van der Waals surface area contributed by atoms with Gasteiger partial charge in [0.05, 0.1) is 5.69 Å². The Morgan fingerprint density at radius 3 is 2.26 bits per heavy atom. The van der Waals surface area contributed by atoms with Crippen molar-refractivity contribution in [3.8, 4) is 11.3 Å². The van der Waals surface area contributed by atoms with Gasteiger partial charge in [-0.15, -0.1) is 5.10 Å². The first-order valence-corrected chi connectivity index (χ1v) is 9.42. The number of amides is 1. The normalized spacial score (nSPS) is 11.7. The lowest BCUT2D eigenvalue weighted by Gasteiger charge is -2.10. The van der Waals surface area contributed by atoms with Crippen molar-refractivity contribution in [1.29, 1.82) is 0 Å². The summed E-state index contributed by atoms with van der Waals surface area (Å²) in [5, 5.41) is 6.42. The Labute approximate surface area is 175 Å². The van der Waals surface area contributed by atoms with Crippen molar-refractivity contribution in [2.45, 2.75) is 26.9 Å². The number of carbonyl (C=O) groups excluding carboxylic acids is 1. The van der Waals surface area contributed by atoms with Gasteiger partial charge in [0.2, 0.25) is 5.82 Å². The highest BCUT2D eigenvalue weighted by Gasteiger charge is 2.36. The maximum Gasteiger partial charge on any atom is 0.433 e. The van der Waals surface area contributed by atoms with E-state index < -0.39 is 23.6 Å². The second-order valence-electron chi connectivity index (χ2n) is 7.31. The number of aromatic nitrogens is 4. The smallest absolute Gasteiger partial charge is 0.319 e. The van der Waals surface area contributed by atoms with Crippen molar-refractivity contribution in [3.05, 3.63) is 76.7 Å². The van der Waals surface area contributed by atoms with E-state index in [1.807, 2.05) is 32.9 Å². The van der Waals surface area contributed by atoms with Gasteiger partial charge in [-0.25, -0.2) is 4.98 Å². The molecule has 0 aliphatic carbocycles. The van der Waals surface area contributed by atoms with Crippen LogP contribution in [0.3, 0.4) is 0 Å². The van der Waals surface area contributed by atoms with E-state index in [1.165, 1.54) is 0 Å². The summed E-state index contributed by atoms with van der Waals surface area (Å²) < 4.78 is 41.7. The lowest BCUT2D eigenvalue weighted by molar-refractivity contribution is -0.142. The summed E-state index contributed by atoms with van der Waals surface area (Å²) in [7, 11) is 0. The molecular formula is C22H18F3N5O.